The van der Waals surface area contributed by atoms with E-state index in [0.29, 0.717) is 21.8 Å². The number of hydrogen-bond acceptors (Lipinski definition) is 4. The average Bonchev–Trinajstić information content (AvgIpc) is 2.65. The third kappa shape index (κ3) is 6.22. The molecule has 0 saturated carbocycles. The second-order valence-corrected chi connectivity index (χ2v) is 8.02. The van der Waals surface area contributed by atoms with Crippen molar-refractivity contribution in [2.45, 2.75) is 37.5 Å². The number of benzene rings is 2. The SMILES string of the molecule is CCCC[C@@H](CO)CS(=O)c1ccc(F)cc1Cc1cccc([N+](=O)[O-])c1. The van der Waals surface area contributed by atoms with Crippen molar-refractivity contribution >= 4 is 16.5 Å². The van der Waals surface area contributed by atoms with E-state index in [2.05, 4.69) is 6.92 Å². The highest BCUT2D eigenvalue weighted by Crippen LogP contribution is 2.23. The number of non-ortho nitro benzene ring substituents is 1. The van der Waals surface area contributed by atoms with Crippen molar-refractivity contribution < 1.29 is 18.6 Å². The Morgan fingerprint density at radius 3 is 2.70 bits per heavy atom. The number of aliphatic hydroxyl groups is 1. The summed E-state index contributed by atoms with van der Waals surface area (Å²) in [7, 11) is -1.38. The zero-order valence-electron chi connectivity index (χ0n) is 15.3. The third-order valence-corrected chi connectivity index (χ3v) is 6.06. The topological polar surface area (TPSA) is 80.4 Å². The van der Waals surface area contributed by atoms with Crippen LogP contribution in [-0.2, 0) is 17.2 Å². The number of rotatable bonds is 10. The summed E-state index contributed by atoms with van der Waals surface area (Å²) in [5.74, 6) is -0.202. The van der Waals surface area contributed by atoms with Crippen LogP contribution in [0.2, 0.25) is 0 Å². The van der Waals surface area contributed by atoms with Crippen LogP contribution in [-0.4, -0.2) is 26.6 Å². The summed E-state index contributed by atoms with van der Waals surface area (Å²) >= 11 is 0. The second kappa shape index (κ2) is 10.3. The minimum absolute atomic E-state index is 0.0346. The summed E-state index contributed by atoms with van der Waals surface area (Å²) in [5.41, 5.74) is 1.16. The molecule has 2 aromatic rings. The first-order valence-electron chi connectivity index (χ1n) is 8.95. The van der Waals surface area contributed by atoms with E-state index in [1.165, 1.54) is 30.3 Å². The van der Waals surface area contributed by atoms with Gasteiger partial charge in [0.25, 0.3) is 5.69 Å². The van der Waals surface area contributed by atoms with Crippen molar-refractivity contribution in [2.75, 3.05) is 12.4 Å². The molecule has 146 valence electrons. The van der Waals surface area contributed by atoms with Crippen LogP contribution < -0.4 is 0 Å². The summed E-state index contributed by atoms with van der Waals surface area (Å²) in [5, 5.41) is 20.5. The number of aliphatic hydroxyl groups excluding tert-OH is 1. The molecule has 0 saturated heterocycles. The third-order valence-electron chi connectivity index (χ3n) is 4.39. The lowest BCUT2D eigenvalue weighted by atomic mass is 10.0. The summed E-state index contributed by atoms with van der Waals surface area (Å²) in [6.45, 7) is 2.02. The average molecular weight is 393 g/mol. The molecule has 2 atom stereocenters. The minimum atomic E-state index is -1.38. The molecule has 0 heterocycles. The Bertz CT molecular complexity index is 812. The molecule has 1 unspecified atom stereocenters. The molecular weight excluding hydrogens is 369 g/mol. The number of nitro benzene ring substituents is 1. The van der Waals surface area contributed by atoms with Crippen LogP contribution >= 0.6 is 0 Å². The highest BCUT2D eigenvalue weighted by Gasteiger charge is 2.17. The summed E-state index contributed by atoms with van der Waals surface area (Å²) in [6.07, 6.45) is 2.99. The van der Waals surface area contributed by atoms with Gasteiger partial charge in [-0.3, -0.25) is 14.3 Å². The van der Waals surface area contributed by atoms with Crippen LogP contribution in [0.4, 0.5) is 10.1 Å². The van der Waals surface area contributed by atoms with Crippen LogP contribution in [0.1, 0.15) is 37.3 Å². The second-order valence-electron chi connectivity index (χ2n) is 6.56. The van der Waals surface area contributed by atoms with Crippen LogP contribution in [0.3, 0.4) is 0 Å². The first-order chi connectivity index (χ1) is 12.9. The molecule has 7 heteroatoms. The van der Waals surface area contributed by atoms with Crippen molar-refractivity contribution in [2.24, 2.45) is 5.92 Å². The zero-order valence-corrected chi connectivity index (χ0v) is 16.1. The molecule has 0 spiro atoms. The fourth-order valence-corrected chi connectivity index (χ4v) is 4.46. The largest absolute Gasteiger partial charge is 0.396 e. The molecule has 5 nitrogen and oxygen atoms in total. The molecule has 0 amide bonds. The Balaban J connectivity index is 2.24. The molecule has 0 aliphatic heterocycles. The lowest BCUT2D eigenvalue weighted by Crippen LogP contribution is -2.16. The van der Waals surface area contributed by atoms with Crippen molar-refractivity contribution in [1.82, 2.24) is 0 Å². The van der Waals surface area contributed by atoms with Gasteiger partial charge in [-0.2, -0.15) is 0 Å². The Hall–Kier alpha value is -2.12. The van der Waals surface area contributed by atoms with Crippen LogP contribution in [0.15, 0.2) is 47.4 Å². The molecule has 2 aromatic carbocycles. The van der Waals surface area contributed by atoms with Gasteiger partial charge in [-0.25, -0.2) is 4.39 Å². The monoisotopic (exact) mass is 393 g/mol. The van der Waals surface area contributed by atoms with Crippen LogP contribution in [0.25, 0.3) is 0 Å². The van der Waals surface area contributed by atoms with Gasteiger partial charge in [-0.15, -0.1) is 0 Å². The molecular formula is C20H24FNO4S. The smallest absolute Gasteiger partial charge is 0.269 e. The molecule has 0 aromatic heterocycles. The first-order valence-corrected chi connectivity index (χ1v) is 10.3. The summed E-state index contributed by atoms with van der Waals surface area (Å²) in [6, 6.07) is 10.2. The van der Waals surface area contributed by atoms with Crippen molar-refractivity contribution in [3.05, 3.63) is 69.5 Å². The van der Waals surface area contributed by atoms with Crippen LogP contribution in [0.5, 0.6) is 0 Å². The van der Waals surface area contributed by atoms with E-state index in [1.54, 1.807) is 12.1 Å². The van der Waals surface area contributed by atoms with E-state index >= 15 is 0 Å². The van der Waals surface area contributed by atoms with Gasteiger partial charge in [0.05, 0.1) is 15.7 Å². The van der Waals surface area contributed by atoms with Gasteiger partial charge in [0, 0.05) is 29.4 Å². The van der Waals surface area contributed by atoms with E-state index < -0.39 is 21.5 Å². The molecule has 0 radical (unpaired) electrons. The van der Waals surface area contributed by atoms with Gasteiger partial charge in [0.2, 0.25) is 0 Å². The Labute approximate surface area is 160 Å². The van der Waals surface area contributed by atoms with Crippen molar-refractivity contribution in [3.8, 4) is 0 Å². The molecule has 0 aliphatic carbocycles. The van der Waals surface area contributed by atoms with E-state index in [1.807, 2.05) is 0 Å². The van der Waals surface area contributed by atoms with Crippen LogP contribution in [0, 0.1) is 21.8 Å². The normalized spacial score (nSPS) is 13.3. The molecule has 27 heavy (non-hydrogen) atoms. The van der Waals surface area contributed by atoms with E-state index in [9.17, 15) is 23.8 Å². The fraction of sp³-hybridized carbons (Fsp3) is 0.400. The van der Waals surface area contributed by atoms with Gasteiger partial charge < -0.3 is 5.11 Å². The molecule has 0 bridgehead atoms. The maximum atomic E-state index is 13.8. The van der Waals surface area contributed by atoms with Gasteiger partial charge in [0.1, 0.15) is 5.82 Å². The number of halogens is 1. The lowest BCUT2D eigenvalue weighted by molar-refractivity contribution is -0.384. The Morgan fingerprint density at radius 1 is 1.26 bits per heavy atom. The highest BCUT2D eigenvalue weighted by atomic mass is 32.2. The van der Waals surface area contributed by atoms with Gasteiger partial charge in [-0.05, 0) is 48.1 Å². The highest BCUT2D eigenvalue weighted by molar-refractivity contribution is 7.85. The Kier molecular flexibility index (Phi) is 8.06. The van der Waals surface area contributed by atoms with E-state index in [-0.39, 0.29) is 24.6 Å². The van der Waals surface area contributed by atoms with E-state index in [4.69, 9.17) is 0 Å². The number of unbranched alkanes of at least 4 members (excludes halogenated alkanes) is 1. The predicted molar refractivity (Wildman–Crippen MR) is 104 cm³/mol. The summed E-state index contributed by atoms with van der Waals surface area (Å²) in [4.78, 5) is 11.0. The molecule has 1 N–H and O–H groups in total. The van der Waals surface area contributed by atoms with Gasteiger partial charge >= 0.3 is 0 Å². The van der Waals surface area contributed by atoms with Gasteiger partial charge in [0.15, 0.2) is 0 Å². The standard InChI is InChI=1S/C20H24FNO4S/c1-2-3-5-16(13-23)14-27(26)20-9-8-18(21)12-17(20)10-15-6-4-7-19(11-15)22(24)25/h4,6-9,11-12,16,23H,2-3,5,10,13-14H2,1H3/t16-,27?/m0/s1. The minimum Gasteiger partial charge on any atom is -0.396 e. The number of nitrogens with zero attached hydrogens (tertiary/aromatic N) is 1. The lowest BCUT2D eigenvalue weighted by Gasteiger charge is -2.15. The number of hydrogen-bond donors (Lipinski definition) is 1. The van der Waals surface area contributed by atoms with Crippen molar-refractivity contribution in [1.29, 1.82) is 0 Å². The predicted octanol–water partition coefficient (Wildman–Crippen LogP) is 4.23. The van der Waals surface area contributed by atoms with E-state index in [0.717, 1.165) is 19.3 Å². The van der Waals surface area contributed by atoms with Gasteiger partial charge in [-0.1, -0.05) is 31.9 Å². The maximum absolute atomic E-state index is 13.8. The fourth-order valence-electron chi connectivity index (χ4n) is 2.93. The molecule has 0 aliphatic rings. The molecule has 0 fully saturated rings. The number of nitro groups is 1. The zero-order chi connectivity index (χ0) is 19.8. The molecule has 2 rings (SSSR count). The first kappa shape index (κ1) is 21.2. The Morgan fingerprint density at radius 2 is 2.04 bits per heavy atom. The quantitative estimate of drug-likeness (QED) is 0.484. The maximum Gasteiger partial charge on any atom is 0.269 e. The van der Waals surface area contributed by atoms with Crippen molar-refractivity contribution in [3.63, 3.8) is 0 Å². The summed E-state index contributed by atoms with van der Waals surface area (Å²) < 4.78 is 26.6.